The van der Waals surface area contributed by atoms with Crippen molar-refractivity contribution in [2.45, 2.75) is 19.2 Å². The molecule has 0 radical (unpaired) electrons. The van der Waals surface area contributed by atoms with Crippen molar-refractivity contribution in [2.24, 2.45) is 7.05 Å². The average Bonchev–Trinajstić information content (AvgIpc) is 3.05. The smallest absolute Gasteiger partial charge is 0.422 e. The third kappa shape index (κ3) is 4.22. The number of halogens is 3. The molecule has 0 saturated carbocycles. The molecular formula is C18H17F3N4O3. The lowest BCUT2D eigenvalue weighted by Gasteiger charge is -2.16. The Bertz CT molecular complexity index is 1020. The maximum atomic E-state index is 12.7. The number of benzene rings is 1. The van der Waals surface area contributed by atoms with Gasteiger partial charge in [-0.1, -0.05) is 0 Å². The van der Waals surface area contributed by atoms with Crippen molar-refractivity contribution in [1.82, 2.24) is 19.3 Å². The molecule has 0 aliphatic carbocycles. The largest absolute Gasteiger partial charge is 0.484 e. The van der Waals surface area contributed by atoms with Crippen LogP contribution in [0.15, 0.2) is 47.4 Å². The van der Waals surface area contributed by atoms with Gasteiger partial charge in [0, 0.05) is 19.3 Å². The molecule has 3 aromatic rings. The average molecular weight is 394 g/mol. The summed E-state index contributed by atoms with van der Waals surface area (Å²) in [5, 5.41) is 14.1. The van der Waals surface area contributed by atoms with E-state index >= 15 is 0 Å². The topological polar surface area (TPSA) is 82.2 Å². The van der Waals surface area contributed by atoms with Crippen LogP contribution in [0.3, 0.4) is 0 Å². The van der Waals surface area contributed by atoms with E-state index in [0.717, 1.165) is 0 Å². The Balaban J connectivity index is 2.00. The van der Waals surface area contributed by atoms with E-state index in [1.807, 2.05) is 0 Å². The van der Waals surface area contributed by atoms with Crippen LogP contribution in [0.4, 0.5) is 13.2 Å². The fraction of sp³-hybridized carbons (Fsp3) is 0.278. The maximum absolute atomic E-state index is 12.7. The van der Waals surface area contributed by atoms with E-state index in [1.54, 1.807) is 24.0 Å². The second kappa shape index (κ2) is 7.47. The van der Waals surface area contributed by atoms with Gasteiger partial charge in [0.2, 0.25) is 0 Å². The summed E-state index contributed by atoms with van der Waals surface area (Å²) in [6, 6.07) is 8.46. The zero-order valence-electron chi connectivity index (χ0n) is 15.0. The standard InChI is InChI=1S/C18H17F3N4O3/c1-11(26)17-23-14(15-7-8-22-24(15)2)9-16(27)25(17)12-3-5-13(6-4-12)28-10-18(19,20)21/h3-9,11,26H,10H2,1-2H3. The number of nitrogens with zero attached hydrogens (tertiary/aromatic N) is 4. The first-order chi connectivity index (χ1) is 13.2. The molecule has 1 atom stereocenters. The Labute approximate surface area is 157 Å². The number of hydrogen-bond acceptors (Lipinski definition) is 5. The van der Waals surface area contributed by atoms with Crippen molar-refractivity contribution in [3.8, 4) is 22.8 Å². The Morgan fingerprint density at radius 1 is 1.21 bits per heavy atom. The van der Waals surface area contributed by atoms with Crippen LogP contribution in [-0.4, -0.2) is 37.2 Å². The van der Waals surface area contributed by atoms with Gasteiger partial charge in [-0.05, 0) is 37.3 Å². The molecule has 0 saturated heterocycles. The third-order valence-electron chi connectivity index (χ3n) is 3.90. The van der Waals surface area contributed by atoms with Crippen molar-refractivity contribution >= 4 is 0 Å². The molecule has 1 aromatic carbocycles. The van der Waals surface area contributed by atoms with Gasteiger partial charge in [-0.25, -0.2) is 4.98 Å². The number of aromatic nitrogens is 4. The van der Waals surface area contributed by atoms with Gasteiger partial charge in [0.25, 0.3) is 5.56 Å². The summed E-state index contributed by atoms with van der Waals surface area (Å²) in [6.07, 6.45) is -3.95. The van der Waals surface area contributed by atoms with Crippen LogP contribution in [0.25, 0.3) is 17.1 Å². The predicted octanol–water partition coefficient (Wildman–Crippen LogP) is 2.63. The van der Waals surface area contributed by atoms with E-state index in [0.29, 0.717) is 17.1 Å². The normalized spacial score (nSPS) is 12.8. The number of aryl methyl sites for hydroxylation is 1. The van der Waals surface area contributed by atoms with Gasteiger partial charge < -0.3 is 9.84 Å². The van der Waals surface area contributed by atoms with Crippen LogP contribution >= 0.6 is 0 Å². The van der Waals surface area contributed by atoms with Crippen molar-refractivity contribution in [1.29, 1.82) is 0 Å². The molecule has 7 nitrogen and oxygen atoms in total. The lowest BCUT2D eigenvalue weighted by atomic mass is 10.2. The lowest BCUT2D eigenvalue weighted by molar-refractivity contribution is -0.153. The number of rotatable bonds is 5. The Hall–Kier alpha value is -3.14. The summed E-state index contributed by atoms with van der Waals surface area (Å²) in [6.45, 7) is 0.0538. The highest BCUT2D eigenvalue weighted by atomic mass is 19.4. The lowest BCUT2D eigenvalue weighted by Crippen LogP contribution is -2.25. The molecule has 0 aliphatic heterocycles. The first kappa shape index (κ1) is 19.6. The molecule has 2 heterocycles. The summed E-state index contributed by atoms with van der Waals surface area (Å²) < 4.78 is 44.2. The van der Waals surface area contributed by atoms with Crippen LogP contribution in [-0.2, 0) is 7.05 Å². The molecule has 2 aromatic heterocycles. The fourth-order valence-corrected chi connectivity index (χ4v) is 2.65. The molecule has 0 amide bonds. The van der Waals surface area contributed by atoms with Crippen LogP contribution in [0.5, 0.6) is 5.75 Å². The molecule has 1 N–H and O–H groups in total. The summed E-state index contributed by atoms with van der Waals surface area (Å²) in [5.41, 5.74) is 0.833. The van der Waals surface area contributed by atoms with Crippen LogP contribution in [0.2, 0.25) is 0 Å². The molecule has 0 bridgehead atoms. The number of hydrogen-bond donors (Lipinski definition) is 1. The van der Waals surface area contributed by atoms with E-state index in [2.05, 4.69) is 14.8 Å². The summed E-state index contributed by atoms with van der Waals surface area (Å²) >= 11 is 0. The second-order valence-electron chi connectivity index (χ2n) is 6.09. The molecule has 10 heteroatoms. The summed E-state index contributed by atoms with van der Waals surface area (Å²) in [7, 11) is 1.70. The zero-order chi connectivity index (χ0) is 20.5. The van der Waals surface area contributed by atoms with Gasteiger partial charge in [0.05, 0.1) is 17.1 Å². The van der Waals surface area contributed by atoms with Crippen molar-refractivity contribution in [2.75, 3.05) is 6.61 Å². The van der Waals surface area contributed by atoms with Crippen molar-refractivity contribution < 1.29 is 23.0 Å². The quantitative estimate of drug-likeness (QED) is 0.720. The number of aliphatic hydroxyl groups is 1. The molecule has 0 fully saturated rings. The number of aliphatic hydroxyl groups excluding tert-OH is 1. The maximum Gasteiger partial charge on any atom is 0.422 e. The number of alkyl halides is 3. The SMILES string of the molecule is CC(O)c1nc(-c2ccnn2C)cc(=O)n1-c1ccc(OCC(F)(F)F)cc1. The minimum atomic E-state index is -4.44. The van der Waals surface area contributed by atoms with Gasteiger partial charge in [-0.15, -0.1) is 0 Å². The van der Waals surface area contributed by atoms with Gasteiger partial charge in [0.15, 0.2) is 6.61 Å². The van der Waals surface area contributed by atoms with E-state index in [4.69, 9.17) is 0 Å². The molecular weight excluding hydrogens is 377 g/mol. The van der Waals surface area contributed by atoms with Gasteiger partial charge in [-0.2, -0.15) is 18.3 Å². The molecule has 1 unspecified atom stereocenters. The summed E-state index contributed by atoms with van der Waals surface area (Å²) in [5.74, 6) is 0.0971. The van der Waals surface area contributed by atoms with E-state index in [-0.39, 0.29) is 11.6 Å². The monoisotopic (exact) mass is 394 g/mol. The van der Waals surface area contributed by atoms with Gasteiger partial charge in [-0.3, -0.25) is 14.0 Å². The molecule has 0 aliphatic rings. The van der Waals surface area contributed by atoms with E-state index in [1.165, 1.54) is 41.8 Å². The molecule has 0 spiro atoms. The zero-order valence-corrected chi connectivity index (χ0v) is 15.0. The van der Waals surface area contributed by atoms with Crippen molar-refractivity contribution in [3.05, 3.63) is 58.8 Å². The Morgan fingerprint density at radius 3 is 2.43 bits per heavy atom. The minimum Gasteiger partial charge on any atom is -0.484 e. The van der Waals surface area contributed by atoms with Gasteiger partial charge >= 0.3 is 6.18 Å². The summed E-state index contributed by atoms with van der Waals surface area (Å²) in [4.78, 5) is 17.1. The van der Waals surface area contributed by atoms with Gasteiger partial charge in [0.1, 0.15) is 17.7 Å². The predicted molar refractivity (Wildman–Crippen MR) is 94.2 cm³/mol. The first-order valence-corrected chi connectivity index (χ1v) is 8.26. The second-order valence-corrected chi connectivity index (χ2v) is 6.09. The minimum absolute atomic E-state index is 0.00665. The Morgan fingerprint density at radius 2 is 1.89 bits per heavy atom. The Kier molecular flexibility index (Phi) is 5.23. The van der Waals surface area contributed by atoms with Crippen molar-refractivity contribution in [3.63, 3.8) is 0 Å². The van der Waals surface area contributed by atoms with Crippen LogP contribution in [0, 0.1) is 0 Å². The molecule has 28 heavy (non-hydrogen) atoms. The molecule has 3 rings (SSSR count). The highest BCUT2D eigenvalue weighted by Crippen LogP contribution is 2.22. The highest BCUT2D eigenvalue weighted by molar-refractivity contribution is 5.54. The van der Waals surface area contributed by atoms with Crippen LogP contribution in [0.1, 0.15) is 18.9 Å². The van der Waals surface area contributed by atoms with E-state index < -0.39 is 24.4 Å². The fourth-order valence-electron chi connectivity index (χ4n) is 2.65. The molecule has 148 valence electrons. The first-order valence-electron chi connectivity index (χ1n) is 8.26. The number of ether oxygens (including phenoxy) is 1. The van der Waals surface area contributed by atoms with Crippen LogP contribution < -0.4 is 10.3 Å². The third-order valence-corrected chi connectivity index (χ3v) is 3.90. The highest BCUT2D eigenvalue weighted by Gasteiger charge is 2.28. The van der Waals surface area contributed by atoms with E-state index in [9.17, 15) is 23.1 Å².